The molecule has 3 aliphatic heterocycles. The van der Waals surface area contributed by atoms with E-state index in [9.17, 15) is 4.79 Å². The van der Waals surface area contributed by atoms with Crippen LogP contribution in [0.4, 0.5) is 10.2 Å². The van der Waals surface area contributed by atoms with Crippen LogP contribution in [0.25, 0.3) is 32.9 Å². The van der Waals surface area contributed by atoms with Gasteiger partial charge in [-0.05, 0) is 86.1 Å². The van der Waals surface area contributed by atoms with Crippen molar-refractivity contribution in [2.45, 2.75) is 83.2 Å². The Balaban J connectivity index is 1.17. The lowest BCUT2D eigenvalue weighted by Gasteiger charge is -2.35. The van der Waals surface area contributed by atoms with Gasteiger partial charge in [0.2, 0.25) is 0 Å². The first kappa shape index (κ1) is 30.5. The summed E-state index contributed by atoms with van der Waals surface area (Å²) in [4.78, 5) is 31.2. The zero-order chi connectivity index (χ0) is 32.1. The van der Waals surface area contributed by atoms with E-state index in [1.807, 2.05) is 19.1 Å². The van der Waals surface area contributed by atoms with Gasteiger partial charge in [0.15, 0.2) is 5.82 Å². The van der Waals surface area contributed by atoms with Crippen molar-refractivity contribution in [2.24, 2.45) is 11.8 Å². The summed E-state index contributed by atoms with van der Waals surface area (Å²) < 4.78 is 29.0. The van der Waals surface area contributed by atoms with E-state index in [4.69, 9.17) is 24.4 Å². The molecule has 0 spiro atoms. The number of aromatic nitrogens is 3. The topological polar surface area (TPSA) is 80.7 Å². The fourth-order valence-corrected chi connectivity index (χ4v) is 9.09. The molecule has 1 aliphatic carbocycles. The van der Waals surface area contributed by atoms with Gasteiger partial charge in [0.1, 0.15) is 30.2 Å². The highest BCUT2D eigenvalue weighted by Gasteiger charge is 2.50. The van der Waals surface area contributed by atoms with E-state index < -0.39 is 5.82 Å². The maximum Gasteiger partial charge on any atom is 0.319 e. The number of benzene rings is 2. The van der Waals surface area contributed by atoms with Gasteiger partial charge in [-0.15, -0.1) is 0 Å². The number of hydrogen-bond donors (Lipinski definition) is 0. The van der Waals surface area contributed by atoms with E-state index in [1.54, 1.807) is 6.20 Å². The van der Waals surface area contributed by atoms with E-state index in [2.05, 4.69) is 41.0 Å². The molecule has 8 rings (SSSR count). The number of carbonyl (C=O) groups is 1. The van der Waals surface area contributed by atoms with Gasteiger partial charge in [0.05, 0.1) is 10.9 Å². The summed E-state index contributed by atoms with van der Waals surface area (Å²) in [6.45, 7) is 7.55. The van der Waals surface area contributed by atoms with Gasteiger partial charge >= 0.3 is 12.0 Å². The number of pyridine rings is 1. The van der Waals surface area contributed by atoms with Crippen molar-refractivity contribution < 1.29 is 18.7 Å². The molecule has 4 aromatic rings. The smallest absolute Gasteiger partial charge is 0.319 e. The molecule has 47 heavy (non-hydrogen) atoms. The predicted octanol–water partition coefficient (Wildman–Crippen LogP) is 7.11. The second kappa shape index (κ2) is 12.3. The number of rotatable bonds is 9. The Bertz CT molecular complexity index is 1820. The summed E-state index contributed by atoms with van der Waals surface area (Å²) in [7, 11) is 0. The first-order valence-electron chi connectivity index (χ1n) is 17.6. The van der Waals surface area contributed by atoms with Crippen molar-refractivity contribution in [1.82, 2.24) is 19.9 Å². The van der Waals surface area contributed by atoms with Crippen LogP contribution >= 0.6 is 0 Å². The summed E-state index contributed by atoms with van der Waals surface area (Å²) in [5.41, 5.74) is 2.34. The fourth-order valence-electron chi connectivity index (χ4n) is 9.09. The number of ether oxygens (including phenoxy) is 2. The normalized spacial score (nSPS) is 25.5. The Kier molecular flexibility index (Phi) is 7.98. The van der Waals surface area contributed by atoms with Crippen LogP contribution in [-0.4, -0.2) is 70.2 Å². The fraction of sp³-hybridized carbons (Fsp3) is 0.526. The summed E-state index contributed by atoms with van der Waals surface area (Å²) in [5.74, 6) is 1.39. The summed E-state index contributed by atoms with van der Waals surface area (Å²) in [5, 5.41) is 2.73. The number of anilines is 1. The number of carbonyl (C=O) groups excluding carboxylic acids is 1. The maximum atomic E-state index is 16.9. The van der Waals surface area contributed by atoms with Crippen LogP contribution in [0.1, 0.15) is 70.8 Å². The highest BCUT2D eigenvalue weighted by atomic mass is 19.1. The number of esters is 1. The number of fused-ring (bicyclic) bond motifs is 5. The molecular weight excluding hydrogens is 593 g/mol. The first-order chi connectivity index (χ1) is 23.0. The largest absolute Gasteiger partial charge is 0.464 e. The Morgan fingerprint density at radius 1 is 1.04 bits per heavy atom. The molecule has 1 saturated carbocycles. The molecule has 4 atom stereocenters. The van der Waals surface area contributed by atoms with Crippen LogP contribution in [0.15, 0.2) is 42.6 Å². The van der Waals surface area contributed by atoms with Crippen LogP contribution in [0.5, 0.6) is 6.01 Å². The molecular formula is C38H44FN5O3. The molecule has 8 nitrogen and oxygen atoms in total. The number of nitrogens with zero attached hydrogens (tertiary/aromatic N) is 5. The number of aryl methyl sites for hydroxylation is 1. The molecule has 2 bridgehead atoms. The van der Waals surface area contributed by atoms with Crippen molar-refractivity contribution in [3.63, 3.8) is 0 Å². The van der Waals surface area contributed by atoms with Crippen LogP contribution in [0.2, 0.25) is 0 Å². The van der Waals surface area contributed by atoms with Crippen LogP contribution in [0.3, 0.4) is 0 Å². The Morgan fingerprint density at radius 2 is 1.85 bits per heavy atom. The number of piperidine rings is 1. The summed E-state index contributed by atoms with van der Waals surface area (Å²) in [6.07, 6.45) is 10.7. The second-order valence-electron chi connectivity index (χ2n) is 14.2. The lowest BCUT2D eigenvalue weighted by atomic mass is 9.95. The molecule has 9 heteroatoms. The van der Waals surface area contributed by atoms with Gasteiger partial charge in [0, 0.05) is 37.3 Å². The van der Waals surface area contributed by atoms with Crippen molar-refractivity contribution in [1.29, 1.82) is 0 Å². The average Bonchev–Trinajstić information content (AvgIpc) is 3.78. The van der Waals surface area contributed by atoms with Crippen LogP contribution < -0.4 is 9.64 Å². The quantitative estimate of drug-likeness (QED) is 0.180. The lowest BCUT2D eigenvalue weighted by molar-refractivity contribution is -0.145. The third-order valence-electron chi connectivity index (χ3n) is 11.4. The SMILES string of the molecule is CCC(=O)OC[C@H]1CC[C@@]2(COc3nc(N4CC5CCC(C5)C4)c4cnc(-c5cccc6cccc(CC)c56)c(F)c4n3)CCCN12. The van der Waals surface area contributed by atoms with E-state index in [0.29, 0.717) is 42.6 Å². The standard InChI is InChI=1S/C38H44FN5O3/c1-3-26-8-5-9-27-10-6-11-29(32(26)27)34-33(39)35-30(19-40-34)36(43-20-24-12-13-25(18-24)21-43)42-37(41-35)47-23-38-15-7-17-44(38)28(14-16-38)22-46-31(45)4-2/h5-6,8-11,19,24-25,28H,3-4,7,12-18,20-23H2,1-2H3/t24?,25?,28-,38-/m1/s1. The molecule has 0 amide bonds. The van der Waals surface area contributed by atoms with Crippen molar-refractivity contribution in [3.8, 4) is 17.3 Å². The van der Waals surface area contributed by atoms with Gasteiger partial charge in [-0.2, -0.15) is 9.97 Å². The highest BCUT2D eigenvalue weighted by molar-refractivity contribution is 6.00. The van der Waals surface area contributed by atoms with Crippen LogP contribution in [-0.2, 0) is 16.0 Å². The third kappa shape index (κ3) is 5.40. The van der Waals surface area contributed by atoms with Crippen molar-refractivity contribution >= 4 is 33.5 Å². The number of hydrogen-bond acceptors (Lipinski definition) is 8. The van der Waals surface area contributed by atoms with E-state index in [1.165, 1.54) is 19.3 Å². The van der Waals surface area contributed by atoms with Crippen molar-refractivity contribution in [3.05, 3.63) is 54.0 Å². The van der Waals surface area contributed by atoms with Gasteiger partial charge in [-0.25, -0.2) is 4.39 Å². The maximum absolute atomic E-state index is 16.9. The Labute approximate surface area is 275 Å². The summed E-state index contributed by atoms with van der Waals surface area (Å²) >= 11 is 0. The minimum absolute atomic E-state index is 0.159. The molecule has 2 unspecified atom stereocenters. The second-order valence-corrected chi connectivity index (χ2v) is 14.2. The van der Waals surface area contributed by atoms with Crippen LogP contribution in [0, 0.1) is 17.7 Å². The molecule has 3 saturated heterocycles. The third-order valence-corrected chi connectivity index (χ3v) is 11.4. The molecule has 4 fully saturated rings. The zero-order valence-electron chi connectivity index (χ0n) is 27.5. The van der Waals surface area contributed by atoms with E-state index >= 15 is 4.39 Å². The van der Waals surface area contributed by atoms with Gasteiger partial charge in [0.25, 0.3) is 0 Å². The monoisotopic (exact) mass is 637 g/mol. The van der Waals surface area contributed by atoms with Gasteiger partial charge < -0.3 is 14.4 Å². The summed E-state index contributed by atoms with van der Waals surface area (Å²) in [6, 6.07) is 12.6. The van der Waals surface area contributed by atoms with Gasteiger partial charge in [-0.1, -0.05) is 50.2 Å². The number of halogens is 1. The Hall–Kier alpha value is -3.85. The minimum atomic E-state index is -0.436. The molecule has 5 heterocycles. The molecule has 2 aromatic heterocycles. The van der Waals surface area contributed by atoms with Gasteiger partial charge in [-0.3, -0.25) is 14.7 Å². The predicted molar refractivity (Wildman–Crippen MR) is 181 cm³/mol. The average molecular weight is 638 g/mol. The molecule has 246 valence electrons. The Morgan fingerprint density at radius 3 is 2.64 bits per heavy atom. The molecule has 2 aromatic carbocycles. The van der Waals surface area contributed by atoms with Crippen molar-refractivity contribution in [2.75, 3.05) is 37.7 Å². The van der Waals surface area contributed by atoms with E-state index in [0.717, 1.165) is 79.5 Å². The highest BCUT2D eigenvalue weighted by Crippen LogP contribution is 2.44. The zero-order valence-corrected chi connectivity index (χ0v) is 27.5. The first-order valence-corrected chi connectivity index (χ1v) is 17.6. The molecule has 4 aliphatic rings. The molecule has 0 radical (unpaired) electrons. The van der Waals surface area contributed by atoms with E-state index in [-0.39, 0.29) is 29.1 Å². The lowest BCUT2D eigenvalue weighted by Crippen LogP contribution is -2.48. The molecule has 0 N–H and O–H groups in total. The minimum Gasteiger partial charge on any atom is -0.464 e.